The molecule has 0 aliphatic rings. The average molecular weight is 578 g/mol. The SMILES string of the molecule is CCCCC(C)(C(=O)OCc1ccccc1OC)[C@](N=C(c1ccccc1)c1ccccc1)(C(=O)OC)c1ccccc1. The van der Waals surface area contributed by atoms with Crippen LogP contribution in [0.3, 0.4) is 0 Å². The molecule has 4 aromatic rings. The standard InChI is InChI=1S/C37H39NO5/c1-5-6-26-36(2,34(39)43-27-30-22-16-17-25-32(30)41-3)37(35(40)42-4,31-23-14-9-15-24-31)38-33(28-18-10-7-11-19-28)29-20-12-8-13-21-29/h7-25H,5-6,26-27H2,1-4H3/t36?,37-/m1/s1. The lowest BCUT2D eigenvalue weighted by Gasteiger charge is -2.43. The van der Waals surface area contributed by atoms with Crippen molar-refractivity contribution in [3.05, 3.63) is 138 Å². The van der Waals surface area contributed by atoms with Gasteiger partial charge in [0.2, 0.25) is 0 Å². The number of unbranched alkanes of at least 4 members (excludes halogenated alkanes) is 1. The summed E-state index contributed by atoms with van der Waals surface area (Å²) >= 11 is 0. The number of aliphatic imine (C=N–C) groups is 1. The number of hydrogen-bond acceptors (Lipinski definition) is 6. The molecule has 0 aromatic heterocycles. The molecule has 4 rings (SSSR count). The summed E-state index contributed by atoms with van der Waals surface area (Å²) < 4.78 is 17.1. The third-order valence-corrected chi connectivity index (χ3v) is 7.88. The van der Waals surface area contributed by atoms with Crippen LogP contribution in [0.2, 0.25) is 0 Å². The van der Waals surface area contributed by atoms with E-state index in [2.05, 4.69) is 0 Å². The van der Waals surface area contributed by atoms with Crippen LogP contribution in [-0.4, -0.2) is 31.9 Å². The molecule has 6 nitrogen and oxygen atoms in total. The van der Waals surface area contributed by atoms with Crippen molar-refractivity contribution in [3.8, 4) is 5.75 Å². The van der Waals surface area contributed by atoms with Gasteiger partial charge in [0.1, 0.15) is 17.8 Å². The van der Waals surface area contributed by atoms with Gasteiger partial charge in [-0.25, -0.2) is 4.79 Å². The van der Waals surface area contributed by atoms with Crippen LogP contribution in [0, 0.1) is 5.41 Å². The van der Waals surface area contributed by atoms with E-state index in [0.717, 1.165) is 23.1 Å². The molecule has 2 atom stereocenters. The van der Waals surface area contributed by atoms with Gasteiger partial charge in [-0.15, -0.1) is 0 Å². The number of carbonyl (C=O) groups excluding carboxylic acids is 2. The fourth-order valence-electron chi connectivity index (χ4n) is 5.46. The molecule has 4 aromatic carbocycles. The van der Waals surface area contributed by atoms with Crippen molar-refractivity contribution in [2.45, 2.75) is 45.3 Å². The van der Waals surface area contributed by atoms with Crippen molar-refractivity contribution in [1.82, 2.24) is 0 Å². The summed E-state index contributed by atoms with van der Waals surface area (Å²) in [7, 11) is 2.91. The van der Waals surface area contributed by atoms with E-state index >= 15 is 0 Å². The van der Waals surface area contributed by atoms with E-state index in [9.17, 15) is 9.59 Å². The second-order valence-electron chi connectivity index (χ2n) is 10.6. The summed E-state index contributed by atoms with van der Waals surface area (Å²) in [6.07, 6.45) is 1.79. The fraction of sp³-hybridized carbons (Fsp3) is 0.270. The van der Waals surface area contributed by atoms with Crippen LogP contribution in [0.1, 0.15) is 55.4 Å². The maximum Gasteiger partial charge on any atom is 0.339 e. The maximum atomic E-state index is 14.5. The van der Waals surface area contributed by atoms with E-state index in [0.29, 0.717) is 29.9 Å². The molecule has 6 heteroatoms. The van der Waals surface area contributed by atoms with Gasteiger partial charge < -0.3 is 14.2 Å². The van der Waals surface area contributed by atoms with Crippen molar-refractivity contribution in [3.63, 3.8) is 0 Å². The highest BCUT2D eigenvalue weighted by Crippen LogP contribution is 2.49. The first kappa shape index (κ1) is 31.2. The van der Waals surface area contributed by atoms with Crippen molar-refractivity contribution < 1.29 is 23.8 Å². The highest BCUT2D eigenvalue weighted by atomic mass is 16.5. The number of rotatable bonds is 13. The minimum Gasteiger partial charge on any atom is -0.496 e. The maximum absolute atomic E-state index is 14.5. The molecule has 0 bridgehead atoms. The Kier molecular flexibility index (Phi) is 10.5. The number of ether oxygens (including phenoxy) is 3. The predicted octanol–water partition coefficient (Wildman–Crippen LogP) is 7.54. The van der Waals surface area contributed by atoms with Gasteiger partial charge in [0.05, 0.1) is 19.9 Å². The molecule has 0 saturated heterocycles. The second-order valence-corrected chi connectivity index (χ2v) is 10.6. The highest BCUT2D eigenvalue weighted by Gasteiger charge is 2.61. The van der Waals surface area contributed by atoms with Gasteiger partial charge in [0.15, 0.2) is 5.54 Å². The van der Waals surface area contributed by atoms with Crippen LogP contribution < -0.4 is 4.74 Å². The first-order valence-corrected chi connectivity index (χ1v) is 14.5. The molecule has 0 fully saturated rings. The Balaban J connectivity index is 2.00. The van der Waals surface area contributed by atoms with Crippen molar-refractivity contribution in [1.29, 1.82) is 0 Å². The zero-order valence-electron chi connectivity index (χ0n) is 25.3. The Hall–Kier alpha value is -4.71. The normalized spacial score (nSPS) is 13.6. The first-order chi connectivity index (χ1) is 20.9. The summed E-state index contributed by atoms with van der Waals surface area (Å²) in [5, 5.41) is 0. The zero-order valence-corrected chi connectivity index (χ0v) is 25.3. The van der Waals surface area contributed by atoms with Gasteiger partial charge in [-0.1, -0.05) is 129 Å². The fourth-order valence-corrected chi connectivity index (χ4v) is 5.46. The van der Waals surface area contributed by atoms with Crippen LogP contribution >= 0.6 is 0 Å². The van der Waals surface area contributed by atoms with Crippen molar-refractivity contribution in [2.24, 2.45) is 10.4 Å². The van der Waals surface area contributed by atoms with Gasteiger partial charge >= 0.3 is 11.9 Å². The predicted molar refractivity (Wildman–Crippen MR) is 169 cm³/mol. The number of nitrogens with zero attached hydrogens (tertiary/aromatic N) is 1. The lowest BCUT2D eigenvalue weighted by Crippen LogP contribution is -2.55. The van der Waals surface area contributed by atoms with Gasteiger partial charge in [-0.05, 0) is 25.0 Å². The molecule has 0 amide bonds. The molecule has 43 heavy (non-hydrogen) atoms. The lowest BCUT2D eigenvalue weighted by atomic mass is 9.64. The monoisotopic (exact) mass is 577 g/mol. The summed E-state index contributed by atoms with van der Waals surface area (Å²) in [4.78, 5) is 34.2. The molecule has 0 aliphatic heterocycles. The van der Waals surface area contributed by atoms with Crippen LogP contribution in [0.15, 0.2) is 120 Å². The molecule has 0 heterocycles. The van der Waals surface area contributed by atoms with Crippen molar-refractivity contribution in [2.75, 3.05) is 14.2 Å². The summed E-state index contributed by atoms with van der Waals surface area (Å²) in [6.45, 7) is 3.80. The quantitative estimate of drug-likeness (QED) is 0.121. The van der Waals surface area contributed by atoms with E-state index in [-0.39, 0.29) is 6.61 Å². The van der Waals surface area contributed by atoms with Gasteiger partial charge in [0, 0.05) is 16.7 Å². The van der Waals surface area contributed by atoms with E-state index in [1.165, 1.54) is 7.11 Å². The van der Waals surface area contributed by atoms with Gasteiger partial charge in [0.25, 0.3) is 0 Å². The topological polar surface area (TPSA) is 74.2 Å². The number of methoxy groups -OCH3 is 2. The molecule has 222 valence electrons. The number of esters is 2. The van der Waals surface area contributed by atoms with Gasteiger partial charge in [-0.2, -0.15) is 0 Å². The Morgan fingerprint density at radius 2 is 1.26 bits per heavy atom. The Bertz CT molecular complexity index is 1480. The minimum absolute atomic E-state index is 0.0233. The highest BCUT2D eigenvalue weighted by molar-refractivity contribution is 6.14. The summed E-state index contributed by atoms with van der Waals surface area (Å²) in [6, 6.07) is 35.9. The van der Waals surface area contributed by atoms with Crippen LogP contribution in [-0.2, 0) is 31.2 Å². The van der Waals surface area contributed by atoms with Gasteiger partial charge in [-0.3, -0.25) is 9.79 Å². The first-order valence-electron chi connectivity index (χ1n) is 14.5. The number of benzene rings is 4. The van der Waals surface area contributed by atoms with Crippen LogP contribution in [0.5, 0.6) is 5.75 Å². The average Bonchev–Trinajstić information content (AvgIpc) is 3.07. The number of carbonyl (C=O) groups is 2. The van der Waals surface area contributed by atoms with E-state index in [1.807, 2.05) is 122 Å². The van der Waals surface area contributed by atoms with E-state index in [4.69, 9.17) is 19.2 Å². The molecular weight excluding hydrogens is 538 g/mol. The van der Waals surface area contributed by atoms with Crippen LogP contribution in [0.4, 0.5) is 0 Å². The molecule has 0 radical (unpaired) electrons. The molecule has 0 saturated carbocycles. The molecule has 0 N–H and O–H groups in total. The van der Waals surface area contributed by atoms with Crippen molar-refractivity contribution >= 4 is 17.7 Å². The zero-order chi connectivity index (χ0) is 30.7. The minimum atomic E-state index is -1.78. The smallest absolute Gasteiger partial charge is 0.339 e. The number of para-hydroxylation sites is 1. The third-order valence-electron chi connectivity index (χ3n) is 7.88. The molecule has 0 aliphatic carbocycles. The molecule has 1 unspecified atom stereocenters. The summed E-state index contributed by atoms with van der Waals surface area (Å²) in [5.41, 5.74) is 0.203. The third kappa shape index (κ3) is 6.54. The Morgan fingerprint density at radius 3 is 1.79 bits per heavy atom. The Morgan fingerprint density at radius 1 is 0.721 bits per heavy atom. The second kappa shape index (κ2) is 14.5. The van der Waals surface area contributed by atoms with E-state index < -0.39 is 22.9 Å². The van der Waals surface area contributed by atoms with Crippen LogP contribution in [0.25, 0.3) is 0 Å². The molecule has 0 spiro atoms. The van der Waals surface area contributed by atoms with E-state index in [1.54, 1.807) is 14.0 Å². The number of hydrogen-bond donors (Lipinski definition) is 0. The summed E-state index contributed by atoms with van der Waals surface area (Å²) in [5.74, 6) is -0.581. The Labute approximate surface area is 254 Å². The lowest BCUT2D eigenvalue weighted by molar-refractivity contribution is -0.172. The largest absolute Gasteiger partial charge is 0.496 e. The molecular formula is C37H39NO5.